The average molecular weight is 288 g/mol. The van der Waals surface area contributed by atoms with Crippen molar-refractivity contribution in [3.05, 3.63) is 22.7 Å². The van der Waals surface area contributed by atoms with E-state index in [0.29, 0.717) is 0 Å². The normalized spacial score (nSPS) is 9.84. The van der Waals surface area contributed by atoms with Crippen LogP contribution in [0.2, 0.25) is 5.02 Å². The topological polar surface area (TPSA) is 84.9 Å². The van der Waals surface area contributed by atoms with E-state index in [1.165, 1.54) is 12.1 Å². The van der Waals surface area contributed by atoms with Gasteiger partial charge in [-0.1, -0.05) is 11.6 Å². The maximum atomic E-state index is 11.3. The van der Waals surface area contributed by atoms with Crippen LogP contribution < -0.4 is 10.1 Å². The van der Waals surface area contributed by atoms with Crippen LogP contribution in [-0.2, 0) is 4.74 Å². The summed E-state index contributed by atoms with van der Waals surface area (Å²) >= 11 is 5.89. The zero-order valence-corrected chi connectivity index (χ0v) is 11.3. The summed E-state index contributed by atoms with van der Waals surface area (Å²) in [6.45, 7) is 3.78. The van der Waals surface area contributed by atoms with E-state index in [-0.39, 0.29) is 35.2 Å². The second-order valence-electron chi connectivity index (χ2n) is 3.38. The van der Waals surface area contributed by atoms with Crippen molar-refractivity contribution in [1.29, 1.82) is 0 Å². The predicted octanol–water partition coefficient (Wildman–Crippen LogP) is 3.01. The Labute approximate surface area is 115 Å². The van der Waals surface area contributed by atoms with Crippen molar-refractivity contribution < 1.29 is 24.2 Å². The molecule has 1 aromatic rings. The molecule has 0 spiro atoms. The van der Waals surface area contributed by atoms with Gasteiger partial charge in [-0.05, 0) is 26.0 Å². The number of nitrogens with one attached hydrogen (secondary N) is 1. The van der Waals surface area contributed by atoms with Gasteiger partial charge in [-0.25, -0.2) is 9.59 Å². The number of benzene rings is 1. The van der Waals surface area contributed by atoms with E-state index in [4.69, 9.17) is 21.1 Å². The number of anilines is 1. The van der Waals surface area contributed by atoms with E-state index in [0.717, 1.165) is 0 Å². The third-order valence-corrected chi connectivity index (χ3v) is 2.42. The highest BCUT2D eigenvalue weighted by Gasteiger charge is 2.21. The van der Waals surface area contributed by atoms with Gasteiger partial charge in [0.25, 0.3) is 0 Å². The minimum Gasteiger partial charge on any atom is -0.491 e. The Bertz CT molecular complexity index is 489. The molecule has 0 aliphatic carbocycles. The van der Waals surface area contributed by atoms with Crippen molar-refractivity contribution in [1.82, 2.24) is 0 Å². The summed E-state index contributed by atoms with van der Waals surface area (Å²) < 4.78 is 9.90. The van der Waals surface area contributed by atoms with Crippen LogP contribution in [0, 0.1) is 0 Å². The Morgan fingerprint density at radius 3 is 2.53 bits per heavy atom. The first-order chi connectivity index (χ1) is 9.01. The number of aromatic carboxylic acids is 1. The van der Waals surface area contributed by atoms with Gasteiger partial charge in [0.15, 0.2) is 5.75 Å². The van der Waals surface area contributed by atoms with Gasteiger partial charge in [0, 0.05) is 0 Å². The van der Waals surface area contributed by atoms with Crippen molar-refractivity contribution in [2.75, 3.05) is 18.5 Å². The molecule has 0 aliphatic heterocycles. The number of rotatable bonds is 5. The molecule has 19 heavy (non-hydrogen) atoms. The number of hydrogen-bond donors (Lipinski definition) is 2. The number of carboxylic acids is 1. The number of halogens is 1. The highest BCUT2D eigenvalue weighted by Crippen LogP contribution is 2.34. The van der Waals surface area contributed by atoms with Gasteiger partial charge in [0.2, 0.25) is 0 Å². The number of carbonyl (C=O) groups excluding carboxylic acids is 1. The Morgan fingerprint density at radius 2 is 2.00 bits per heavy atom. The number of carbonyl (C=O) groups is 2. The van der Waals surface area contributed by atoms with Gasteiger partial charge in [0.05, 0.1) is 23.9 Å². The zero-order valence-electron chi connectivity index (χ0n) is 10.5. The quantitative estimate of drug-likeness (QED) is 0.869. The van der Waals surface area contributed by atoms with Gasteiger partial charge < -0.3 is 14.6 Å². The van der Waals surface area contributed by atoms with Gasteiger partial charge in [-0.15, -0.1) is 0 Å². The molecule has 0 aromatic heterocycles. The van der Waals surface area contributed by atoms with Gasteiger partial charge in [-0.3, -0.25) is 5.32 Å². The first-order valence-corrected chi connectivity index (χ1v) is 6.01. The molecule has 1 rings (SSSR count). The van der Waals surface area contributed by atoms with Crippen LogP contribution in [0.1, 0.15) is 24.2 Å². The lowest BCUT2D eigenvalue weighted by atomic mass is 10.1. The van der Waals surface area contributed by atoms with E-state index in [1.54, 1.807) is 13.8 Å². The number of ether oxygens (including phenoxy) is 2. The molecule has 0 saturated carbocycles. The summed E-state index contributed by atoms with van der Waals surface area (Å²) in [7, 11) is 0. The fraction of sp³-hybridized carbons (Fsp3) is 0.333. The van der Waals surface area contributed by atoms with E-state index < -0.39 is 12.1 Å². The number of amides is 1. The van der Waals surface area contributed by atoms with Crippen molar-refractivity contribution in [2.45, 2.75) is 13.8 Å². The molecule has 0 unspecified atom stereocenters. The molecule has 0 heterocycles. The summed E-state index contributed by atoms with van der Waals surface area (Å²) in [5.41, 5.74) is -0.138. The summed E-state index contributed by atoms with van der Waals surface area (Å²) in [6.07, 6.45) is -0.741. The maximum absolute atomic E-state index is 11.3. The largest absolute Gasteiger partial charge is 0.491 e. The molecule has 0 fully saturated rings. The lowest BCUT2D eigenvalue weighted by Gasteiger charge is -2.14. The van der Waals surface area contributed by atoms with E-state index in [9.17, 15) is 14.7 Å². The number of carboxylic acid groups (broad SMARTS) is 1. The van der Waals surface area contributed by atoms with Crippen molar-refractivity contribution in [2.24, 2.45) is 0 Å². The molecule has 2 N–H and O–H groups in total. The number of hydrogen-bond acceptors (Lipinski definition) is 4. The fourth-order valence-electron chi connectivity index (χ4n) is 1.44. The van der Waals surface area contributed by atoms with Gasteiger partial charge >= 0.3 is 12.1 Å². The third kappa shape index (κ3) is 3.75. The minimum absolute atomic E-state index is 0.0194. The summed E-state index contributed by atoms with van der Waals surface area (Å²) in [4.78, 5) is 22.6. The van der Waals surface area contributed by atoms with Crippen LogP contribution in [0.3, 0.4) is 0 Å². The Balaban J connectivity index is 3.20. The van der Waals surface area contributed by atoms with Crippen LogP contribution in [0.4, 0.5) is 10.5 Å². The van der Waals surface area contributed by atoms with Crippen molar-refractivity contribution >= 4 is 29.4 Å². The first-order valence-electron chi connectivity index (χ1n) is 5.63. The van der Waals surface area contributed by atoms with Crippen LogP contribution in [0.5, 0.6) is 5.75 Å². The summed E-state index contributed by atoms with van der Waals surface area (Å²) in [5, 5.41) is 11.7. The zero-order chi connectivity index (χ0) is 14.4. The van der Waals surface area contributed by atoms with Crippen LogP contribution in [-0.4, -0.2) is 30.4 Å². The summed E-state index contributed by atoms with van der Waals surface area (Å²) in [5.74, 6) is -1.23. The van der Waals surface area contributed by atoms with E-state index in [2.05, 4.69) is 5.32 Å². The molecule has 1 aromatic carbocycles. The lowest BCUT2D eigenvalue weighted by Crippen LogP contribution is -2.16. The monoisotopic (exact) mass is 287 g/mol. The molecule has 0 bridgehead atoms. The predicted molar refractivity (Wildman–Crippen MR) is 70.2 cm³/mol. The molecule has 6 nitrogen and oxygen atoms in total. The minimum atomic E-state index is -1.25. The second kappa shape index (κ2) is 6.84. The third-order valence-electron chi connectivity index (χ3n) is 2.12. The first kappa shape index (κ1) is 15.1. The molecular formula is C12H14ClNO5. The van der Waals surface area contributed by atoms with Crippen LogP contribution >= 0.6 is 11.6 Å². The van der Waals surface area contributed by atoms with E-state index in [1.807, 2.05) is 0 Å². The molecule has 0 radical (unpaired) electrons. The molecule has 0 atom stereocenters. The molecule has 0 aliphatic rings. The Morgan fingerprint density at radius 1 is 1.32 bits per heavy atom. The van der Waals surface area contributed by atoms with Crippen molar-refractivity contribution in [3.8, 4) is 5.75 Å². The molecule has 104 valence electrons. The van der Waals surface area contributed by atoms with Crippen LogP contribution in [0.25, 0.3) is 0 Å². The fourth-order valence-corrected chi connectivity index (χ4v) is 1.65. The Kier molecular flexibility index (Phi) is 5.44. The highest BCUT2D eigenvalue weighted by atomic mass is 35.5. The Hall–Kier alpha value is -1.95. The van der Waals surface area contributed by atoms with Gasteiger partial charge in [0.1, 0.15) is 5.56 Å². The molecular weight excluding hydrogens is 274 g/mol. The molecule has 7 heteroatoms. The standard InChI is InChI=1S/C12H14ClNO5/c1-3-18-10-7(13)5-6-8(9(10)11(15)16)14-12(17)19-4-2/h5-6H,3-4H2,1-2H3,(H,14,17)(H,15,16). The lowest BCUT2D eigenvalue weighted by molar-refractivity contribution is 0.0694. The summed E-state index contributed by atoms with van der Waals surface area (Å²) in [6, 6.07) is 2.83. The van der Waals surface area contributed by atoms with E-state index >= 15 is 0 Å². The highest BCUT2D eigenvalue weighted by molar-refractivity contribution is 6.33. The van der Waals surface area contributed by atoms with Gasteiger partial charge in [-0.2, -0.15) is 0 Å². The smallest absolute Gasteiger partial charge is 0.411 e. The average Bonchev–Trinajstić information content (AvgIpc) is 2.33. The molecule has 1 amide bonds. The maximum Gasteiger partial charge on any atom is 0.411 e. The SMILES string of the molecule is CCOC(=O)Nc1ccc(Cl)c(OCC)c1C(=O)O. The van der Waals surface area contributed by atoms with Crippen LogP contribution in [0.15, 0.2) is 12.1 Å². The molecule has 0 saturated heterocycles. The van der Waals surface area contributed by atoms with Crippen molar-refractivity contribution in [3.63, 3.8) is 0 Å². The second-order valence-corrected chi connectivity index (χ2v) is 3.79.